The van der Waals surface area contributed by atoms with E-state index in [9.17, 15) is 0 Å². The van der Waals surface area contributed by atoms with Gasteiger partial charge in [-0.3, -0.25) is 4.68 Å². The van der Waals surface area contributed by atoms with E-state index >= 15 is 0 Å². The van der Waals surface area contributed by atoms with E-state index in [2.05, 4.69) is 11.2 Å². The van der Waals surface area contributed by atoms with Gasteiger partial charge < -0.3 is 0 Å². The van der Waals surface area contributed by atoms with Crippen molar-refractivity contribution in [2.75, 3.05) is 0 Å². The zero-order chi connectivity index (χ0) is 8.39. The van der Waals surface area contributed by atoms with E-state index in [0.717, 1.165) is 5.92 Å². The first-order valence-corrected chi connectivity index (χ1v) is 4.86. The molecule has 0 amide bonds. The van der Waals surface area contributed by atoms with Crippen molar-refractivity contribution in [2.24, 2.45) is 7.05 Å². The average molecular weight is 164 g/mol. The summed E-state index contributed by atoms with van der Waals surface area (Å²) < 4.78 is 2.02. The summed E-state index contributed by atoms with van der Waals surface area (Å²) in [7, 11) is 2.05. The van der Waals surface area contributed by atoms with Crippen molar-refractivity contribution in [3.63, 3.8) is 0 Å². The van der Waals surface area contributed by atoms with Crippen LogP contribution in [-0.4, -0.2) is 9.78 Å². The van der Waals surface area contributed by atoms with Gasteiger partial charge in [-0.05, 0) is 18.9 Å². The minimum absolute atomic E-state index is 0.784. The molecule has 1 fully saturated rings. The van der Waals surface area contributed by atoms with E-state index in [-0.39, 0.29) is 0 Å². The summed E-state index contributed by atoms with van der Waals surface area (Å²) in [5, 5.41) is 4.21. The number of hydrogen-bond donors (Lipinski definition) is 0. The minimum atomic E-state index is 0.784. The Morgan fingerprint density at radius 2 is 2.08 bits per heavy atom. The molecule has 2 nitrogen and oxygen atoms in total. The molecule has 0 N–H and O–H groups in total. The molecule has 0 spiro atoms. The van der Waals surface area contributed by atoms with Crippen molar-refractivity contribution < 1.29 is 0 Å². The van der Waals surface area contributed by atoms with Crippen molar-refractivity contribution in [3.05, 3.63) is 18.0 Å². The molecule has 12 heavy (non-hydrogen) atoms. The van der Waals surface area contributed by atoms with Crippen molar-refractivity contribution in [1.29, 1.82) is 0 Å². The molecule has 1 aliphatic carbocycles. The Kier molecular flexibility index (Phi) is 2.15. The van der Waals surface area contributed by atoms with Gasteiger partial charge in [-0.25, -0.2) is 0 Å². The van der Waals surface area contributed by atoms with Crippen LogP contribution in [0.5, 0.6) is 0 Å². The fraction of sp³-hybridized carbons (Fsp3) is 0.700. The van der Waals surface area contributed by atoms with Gasteiger partial charge in [0.25, 0.3) is 0 Å². The van der Waals surface area contributed by atoms with Gasteiger partial charge in [0.05, 0.1) is 0 Å². The summed E-state index contributed by atoms with van der Waals surface area (Å²) in [6.45, 7) is 0. The molecule has 1 aromatic rings. The smallest absolute Gasteiger partial charge is 0.0492 e. The first-order valence-electron chi connectivity index (χ1n) is 4.86. The topological polar surface area (TPSA) is 17.8 Å². The van der Waals surface area contributed by atoms with Gasteiger partial charge in [-0.15, -0.1) is 0 Å². The van der Waals surface area contributed by atoms with Crippen LogP contribution in [0.2, 0.25) is 0 Å². The standard InChI is InChI=1S/C10H16N2/c1-12-10(7-8-11-12)9-5-3-2-4-6-9/h7-9H,2-6H2,1H3. The second-order valence-corrected chi connectivity index (χ2v) is 3.71. The Hall–Kier alpha value is -0.790. The maximum absolute atomic E-state index is 4.21. The molecule has 0 radical (unpaired) electrons. The fourth-order valence-corrected chi connectivity index (χ4v) is 2.18. The zero-order valence-corrected chi connectivity index (χ0v) is 7.66. The van der Waals surface area contributed by atoms with Crippen LogP contribution >= 0.6 is 0 Å². The molecule has 0 saturated heterocycles. The van der Waals surface area contributed by atoms with E-state index < -0.39 is 0 Å². The van der Waals surface area contributed by atoms with Crippen molar-refractivity contribution in [3.8, 4) is 0 Å². The Bertz CT molecular complexity index is 246. The van der Waals surface area contributed by atoms with E-state index in [4.69, 9.17) is 0 Å². The van der Waals surface area contributed by atoms with Crippen LogP contribution in [0, 0.1) is 0 Å². The van der Waals surface area contributed by atoms with Crippen LogP contribution in [0.25, 0.3) is 0 Å². The van der Waals surface area contributed by atoms with Crippen molar-refractivity contribution >= 4 is 0 Å². The normalized spacial score (nSPS) is 19.8. The maximum Gasteiger partial charge on any atom is 0.0492 e. The highest BCUT2D eigenvalue weighted by atomic mass is 15.3. The maximum atomic E-state index is 4.21. The molecule has 1 saturated carbocycles. The minimum Gasteiger partial charge on any atom is -0.272 e. The van der Waals surface area contributed by atoms with E-state index in [1.54, 1.807) is 0 Å². The van der Waals surface area contributed by atoms with E-state index in [1.165, 1.54) is 37.8 Å². The van der Waals surface area contributed by atoms with Crippen LogP contribution in [0.15, 0.2) is 12.3 Å². The molecule has 0 aromatic carbocycles. The fourth-order valence-electron chi connectivity index (χ4n) is 2.18. The SMILES string of the molecule is Cn1nccc1C1CCCCC1. The molecule has 0 aliphatic heterocycles. The molecule has 1 aromatic heterocycles. The van der Waals surface area contributed by atoms with Crippen molar-refractivity contribution in [2.45, 2.75) is 38.0 Å². The first kappa shape index (κ1) is 7.84. The number of aryl methyl sites for hydroxylation is 1. The molecule has 2 rings (SSSR count). The van der Waals surface area contributed by atoms with Crippen LogP contribution in [-0.2, 0) is 7.05 Å². The number of hydrogen-bond acceptors (Lipinski definition) is 1. The van der Waals surface area contributed by atoms with Gasteiger partial charge in [0.2, 0.25) is 0 Å². The third kappa shape index (κ3) is 1.38. The molecular weight excluding hydrogens is 148 g/mol. The van der Waals surface area contributed by atoms with Gasteiger partial charge in [-0.1, -0.05) is 19.3 Å². The molecule has 2 heteroatoms. The summed E-state index contributed by atoms with van der Waals surface area (Å²) in [4.78, 5) is 0. The third-order valence-electron chi connectivity index (χ3n) is 2.88. The molecular formula is C10H16N2. The Morgan fingerprint density at radius 3 is 2.67 bits per heavy atom. The predicted octanol–water partition coefficient (Wildman–Crippen LogP) is 2.47. The molecule has 0 atom stereocenters. The van der Waals surface area contributed by atoms with Gasteiger partial charge >= 0.3 is 0 Å². The second-order valence-electron chi connectivity index (χ2n) is 3.71. The molecule has 1 aliphatic rings. The Morgan fingerprint density at radius 1 is 1.33 bits per heavy atom. The number of nitrogens with zero attached hydrogens (tertiary/aromatic N) is 2. The predicted molar refractivity (Wildman–Crippen MR) is 49.0 cm³/mol. The summed E-state index contributed by atoms with van der Waals surface area (Å²) in [5.74, 6) is 0.784. The second kappa shape index (κ2) is 3.30. The zero-order valence-electron chi connectivity index (χ0n) is 7.66. The molecule has 1 heterocycles. The quantitative estimate of drug-likeness (QED) is 0.623. The first-order chi connectivity index (χ1) is 5.88. The van der Waals surface area contributed by atoms with E-state index in [0.29, 0.717) is 0 Å². The highest BCUT2D eigenvalue weighted by Gasteiger charge is 2.17. The van der Waals surface area contributed by atoms with Gasteiger partial charge in [0.15, 0.2) is 0 Å². The number of aromatic nitrogens is 2. The van der Waals surface area contributed by atoms with Gasteiger partial charge in [0, 0.05) is 24.9 Å². The lowest BCUT2D eigenvalue weighted by molar-refractivity contribution is 0.424. The Balaban J connectivity index is 2.13. The van der Waals surface area contributed by atoms with Crippen molar-refractivity contribution in [1.82, 2.24) is 9.78 Å². The Labute approximate surface area is 73.6 Å². The monoisotopic (exact) mass is 164 g/mol. The van der Waals surface area contributed by atoms with E-state index in [1.807, 2.05) is 17.9 Å². The largest absolute Gasteiger partial charge is 0.272 e. The third-order valence-corrected chi connectivity index (χ3v) is 2.88. The van der Waals surface area contributed by atoms with Crippen LogP contribution in [0.1, 0.15) is 43.7 Å². The summed E-state index contributed by atoms with van der Waals surface area (Å²) in [6, 6.07) is 2.16. The van der Waals surface area contributed by atoms with Gasteiger partial charge in [-0.2, -0.15) is 5.10 Å². The molecule has 66 valence electrons. The number of rotatable bonds is 1. The van der Waals surface area contributed by atoms with Crippen LogP contribution in [0.3, 0.4) is 0 Å². The lowest BCUT2D eigenvalue weighted by Crippen LogP contribution is -2.09. The molecule has 0 unspecified atom stereocenters. The summed E-state index contributed by atoms with van der Waals surface area (Å²) in [5.41, 5.74) is 1.43. The van der Waals surface area contributed by atoms with Gasteiger partial charge in [0.1, 0.15) is 0 Å². The van der Waals surface area contributed by atoms with Crippen LogP contribution in [0.4, 0.5) is 0 Å². The van der Waals surface area contributed by atoms with Crippen LogP contribution < -0.4 is 0 Å². The highest BCUT2D eigenvalue weighted by molar-refractivity contribution is 5.07. The molecule has 0 bridgehead atoms. The lowest BCUT2D eigenvalue weighted by atomic mass is 9.87. The highest BCUT2D eigenvalue weighted by Crippen LogP contribution is 2.31. The lowest BCUT2D eigenvalue weighted by Gasteiger charge is -2.21. The average Bonchev–Trinajstić information content (AvgIpc) is 2.53. The summed E-state index contributed by atoms with van der Waals surface area (Å²) >= 11 is 0. The summed E-state index contributed by atoms with van der Waals surface area (Å²) in [6.07, 6.45) is 8.85.